The fourth-order valence-corrected chi connectivity index (χ4v) is 2.73. The molecule has 140 valence electrons. The predicted molar refractivity (Wildman–Crippen MR) is 118 cm³/mol. The maximum atomic E-state index is 11.1. The van der Waals surface area contributed by atoms with Crippen LogP contribution >= 0.6 is 24.0 Å². The number of carbonyl (C=O) groups excluding carboxylic acids is 1. The van der Waals surface area contributed by atoms with E-state index in [0.717, 1.165) is 24.5 Å². The molecule has 2 aromatic rings. The smallest absolute Gasteiger partial charge is 0.248 e. The first-order chi connectivity index (χ1) is 12.0. The number of primary amides is 1. The molecular formula is C20H27IN4O. The van der Waals surface area contributed by atoms with Gasteiger partial charge in [0.25, 0.3) is 0 Å². The highest BCUT2D eigenvalue weighted by Gasteiger charge is 2.02. The van der Waals surface area contributed by atoms with E-state index in [9.17, 15) is 4.79 Å². The van der Waals surface area contributed by atoms with Crippen molar-refractivity contribution in [3.8, 4) is 0 Å². The van der Waals surface area contributed by atoms with Crippen LogP contribution in [0.5, 0.6) is 0 Å². The third-order valence-electron chi connectivity index (χ3n) is 3.91. The van der Waals surface area contributed by atoms with Gasteiger partial charge in [-0.3, -0.25) is 9.79 Å². The summed E-state index contributed by atoms with van der Waals surface area (Å²) in [7, 11) is 1.75. The molecule has 0 saturated heterocycles. The molecule has 5 nitrogen and oxygen atoms in total. The fraction of sp³-hybridized carbons (Fsp3) is 0.300. The number of hydrogen-bond acceptors (Lipinski definition) is 2. The van der Waals surface area contributed by atoms with Crippen molar-refractivity contribution >= 4 is 35.8 Å². The third-order valence-corrected chi connectivity index (χ3v) is 3.91. The van der Waals surface area contributed by atoms with Crippen molar-refractivity contribution in [1.29, 1.82) is 0 Å². The summed E-state index contributed by atoms with van der Waals surface area (Å²) in [6.45, 7) is 5.67. The van der Waals surface area contributed by atoms with Crippen LogP contribution in [-0.4, -0.2) is 25.5 Å². The summed E-state index contributed by atoms with van der Waals surface area (Å²) in [5.74, 6) is 0.340. The van der Waals surface area contributed by atoms with Crippen LogP contribution in [0.25, 0.3) is 0 Å². The molecule has 0 bridgehead atoms. The molecule has 0 spiro atoms. The first kappa shape index (κ1) is 22.0. The minimum Gasteiger partial charge on any atom is -0.366 e. The minimum absolute atomic E-state index is 0. The van der Waals surface area contributed by atoms with E-state index in [1.807, 2.05) is 12.1 Å². The van der Waals surface area contributed by atoms with Crippen molar-refractivity contribution in [2.24, 2.45) is 10.7 Å². The Morgan fingerprint density at radius 3 is 2.15 bits per heavy atom. The molecule has 1 amide bonds. The highest BCUT2D eigenvalue weighted by atomic mass is 127. The average Bonchev–Trinajstić information content (AvgIpc) is 2.57. The van der Waals surface area contributed by atoms with E-state index >= 15 is 0 Å². The highest BCUT2D eigenvalue weighted by molar-refractivity contribution is 14.0. The van der Waals surface area contributed by atoms with Gasteiger partial charge in [0.2, 0.25) is 5.91 Å². The van der Waals surface area contributed by atoms with Gasteiger partial charge in [0, 0.05) is 25.7 Å². The molecule has 26 heavy (non-hydrogen) atoms. The number of amides is 1. The van der Waals surface area contributed by atoms with E-state index < -0.39 is 5.91 Å². The van der Waals surface area contributed by atoms with E-state index in [0.29, 0.717) is 12.1 Å². The molecule has 0 radical (unpaired) electrons. The number of guanidine groups is 1. The van der Waals surface area contributed by atoms with Gasteiger partial charge < -0.3 is 16.4 Å². The van der Waals surface area contributed by atoms with E-state index in [1.54, 1.807) is 19.2 Å². The van der Waals surface area contributed by atoms with Crippen molar-refractivity contribution in [2.45, 2.75) is 26.8 Å². The molecule has 6 heteroatoms. The Balaban J connectivity index is 0.00000338. The van der Waals surface area contributed by atoms with Crippen LogP contribution in [0.2, 0.25) is 0 Å². The van der Waals surface area contributed by atoms with Gasteiger partial charge in [-0.2, -0.15) is 0 Å². The molecule has 0 heterocycles. The zero-order chi connectivity index (χ0) is 18.2. The molecule has 2 rings (SSSR count). The summed E-state index contributed by atoms with van der Waals surface area (Å²) in [6.07, 6.45) is 0.941. The Labute approximate surface area is 172 Å². The van der Waals surface area contributed by atoms with E-state index in [-0.39, 0.29) is 24.0 Å². The standard InChI is InChI=1S/C20H26N4O.HI/c1-14-10-15(2)12-17(11-14)8-9-23-20(22-3)24-13-16-4-6-18(7-5-16)19(21)25;/h4-7,10-12H,8-9,13H2,1-3H3,(H2,21,25)(H2,22,23,24);1H. The van der Waals surface area contributed by atoms with Gasteiger partial charge in [0.05, 0.1) is 0 Å². The molecule has 0 aliphatic rings. The lowest BCUT2D eigenvalue weighted by atomic mass is 10.1. The quantitative estimate of drug-likeness (QED) is 0.348. The van der Waals surface area contributed by atoms with Gasteiger partial charge in [-0.05, 0) is 43.5 Å². The average molecular weight is 466 g/mol. The number of nitrogens with one attached hydrogen (secondary N) is 2. The molecular weight excluding hydrogens is 439 g/mol. The topological polar surface area (TPSA) is 79.5 Å². The SMILES string of the molecule is CN=C(NCCc1cc(C)cc(C)c1)NCc1ccc(C(N)=O)cc1.I. The number of rotatable bonds is 6. The number of nitrogens with zero attached hydrogens (tertiary/aromatic N) is 1. The molecule has 0 aromatic heterocycles. The van der Waals surface area contributed by atoms with Crippen LogP contribution in [0.3, 0.4) is 0 Å². The molecule has 0 aliphatic heterocycles. The summed E-state index contributed by atoms with van der Waals surface area (Å²) < 4.78 is 0. The highest BCUT2D eigenvalue weighted by Crippen LogP contribution is 2.09. The predicted octanol–water partition coefficient (Wildman–Crippen LogP) is 2.93. The van der Waals surface area contributed by atoms with Crippen LogP contribution < -0.4 is 16.4 Å². The summed E-state index contributed by atoms with van der Waals surface area (Å²) in [4.78, 5) is 15.3. The summed E-state index contributed by atoms with van der Waals surface area (Å²) in [6, 6.07) is 13.8. The lowest BCUT2D eigenvalue weighted by molar-refractivity contribution is 0.100. The van der Waals surface area contributed by atoms with E-state index in [1.165, 1.54) is 16.7 Å². The minimum atomic E-state index is -0.414. The van der Waals surface area contributed by atoms with Crippen molar-refractivity contribution < 1.29 is 4.79 Å². The molecule has 0 unspecified atom stereocenters. The largest absolute Gasteiger partial charge is 0.366 e. The van der Waals surface area contributed by atoms with Gasteiger partial charge in [-0.15, -0.1) is 24.0 Å². The maximum Gasteiger partial charge on any atom is 0.248 e. The van der Waals surface area contributed by atoms with Crippen molar-refractivity contribution in [1.82, 2.24) is 10.6 Å². The van der Waals surface area contributed by atoms with Crippen LogP contribution in [0, 0.1) is 13.8 Å². The van der Waals surface area contributed by atoms with Gasteiger partial charge in [-0.25, -0.2) is 0 Å². The number of halogens is 1. The van der Waals surface area contributed by atoms with Gasteiger partial charge in [-0.1, -0.05) is 41.5 Å². The molecule has 0 aliphatic carbocycles. The first-order valence-electron chi connectivity index (χ1n) is 8.38. The monoisotopic (exact) mass is 466 g/mol. The number of carbonyl (C=O) groups is 1. The normalized spacial score (nSPS) is 10.8. The third kappa shape index (κ3) is 7.03. The first-order valence-corrected chi connectivity index (χ1v) is 8.38. The summed E-state index contributed by atoms with van der Waals surface area (Å²) >= 11 is 0. The van der Waals surface area contributed by atoms with E-state index in [2.05, 4.69) is 47.7 Å². The zero-order valence-electron chi connectivity index (χ0n) is 15.5. The Morgan fingerprint density at radius 2 is 1.62 bits per heavy atom. The van der Waals surface area contributed by atoms with Crippen LogP contribution in [-0.2, 0) is 13.0 Å². The summed E-state index contributed by atoms with van der Waals surface area (Å²) in [5, 5.41) is 6.59. The molecule has 0 atom stereocenters. The second kappa shape index (κ2) is 10.8. The maximum absolute atomic E-state index is 11.1. The molecule has 2 aromatic carbocycles. The molecule has 0 saturated carbocycles. The number of hydrogen-bond donors (Lipinski definition) is 3. The number of benzene rings is 2. The van der Waals surface area contributed by atoms with Crippen molar-refractivity contribution in [3.05, 3.63) is 70.3 Å². The number of aryl methyl sites for hydroxylation is 2. The summed E-state index contributed by atoms with van der Waals surface area (Å²) in [5.41, 5.74) is 10.7. The van der Waals surface area contributed by atoms with E-state index in [4.69, 9.17) is 5.73 Å². The molecule has 0 fully saturated rings. The second-order valence-electron chi connectivity index (χ2n) is 6.16. The lowest BCUT2D eigenvalue weighted by Crippen LogP contribution is -2.37. The lowest BCUT2D eigenvalue weighted by Gasteiger charge is -2.12. The Morgan fingerprint density at radius 1 is 1.00 bits per heavy atom. The van der Waals surface area contributed by atoms with Crippen LogP contribution in [0.15, 0.2) is 47.5 Å². The number of nitrogens with two attached hydrogens (primary N) is 1. The molecule has 4 N–H and O–H groups in total. The van der Waals surface area contributed by atoms with Crippen molar-refractivity contribution in [3.63, 3.8) is 0 Å². The Bertz CT molecular complexity index is 737. The fourth-order valence-electron chi connectivity index (χ4n) is 2.73. The van der Waals surface area contributed by atoms with Gasteiger partial charge >= 0.3 is 0 Å². The Kier molecular flexibility index (Phi) is 9.12. The van der Waals surface area contributed by atoms with Gasteiger partial charge in [0.15, 0.2) is 5.96 Å². The van der Waals surface area contributed by atoms with Crippen LogP contribution in [0.1, 0.15) is 32.6 Å². The Hall–Kier alpha value is -2.09. The second-order valence-corrected chi connectivity index (χ2v) is 6.16. The van der Waals surface area contributed by atoms with Gasteiger partial charge in [0.1, 0.15) is 0 Å². The zero-order valence-corrected chi connectivity index (χ0v) is 17.8. The van der Waals surface area contributed by atoms with Crippen LogP contribution in [0.4, 0.5) is 0 Å². The van der Waals surface area contributed by atoms with Crippen molar-refractivity contribution in [2.75, 3.05) is 13.6 Å². The number of aliphatic imine (C=N–C) groups is 1.